The van der Waals surface area contributed by atoms with Crippen molar-refractivity contribution in [1.82, 2.24) is 14.6 Å². The molecule has 0 saturated carbocycles. The smallest absolute Gasteiger partial charge is 0.168 e. The second kappa shape index (κ2) is 4.14. The van der Waals surface area contributed by atoms with Gasteiger partial charge in [-0.1, -0.05) is 6.07 Å². The summed E-state index contributed by atoms with van der Waals surface area (Å²) in [5.74, 6) is 1.68. The first-order valence-corrected chi connectivity index (χ1v) is 5.74. The van der Waals surface area contributed by atoms with Crippen LogP contribution >= 0.6 is 0 Å². The predicted molar refractivity (Wildman–Crippen MR) is 69.7 cm³/mol. The van der Waals surface area contributed by atoms with E-state index in [1.165, 1.54) is 0 Å². The van der Waals surface area contributed by atoms with Crippen LogP contribution in [-0.4, -0.2) is 21.7 Å². The Labute approximate surface area is 105 Å². The molecule has 18 heavy (non-hydrogen) atoms. The van der Waals surface area contributed by atoms with Crippen molar-refractivity contribution in [3.8, 4) is 17.1 Å². The Kier molecular flexibility index (Phi) is 2.48. The molecule has 0 aliphatic rings. The highest BCUT2D eigenvalue weighted by atomic mass is 16.5. The van der Waals surface area contributed by atoms with Gasteiger partial charge in [0.2, 0.25) is 0 Å². The van der Waals surface area contributed by atoms with Gasteiger partial charge in [-0.25, -0.2) is 0 Å². The van der Waals surface area contributed by atoms with E-state index in [1.54, 1.807) is 7.11 Å². The van der Waals surface area contributed by atoms with Gasteiger partial charge in [-0.15, -0.1) is 10.2 Å². The van der Waals surface area contributed by atoms with E-state index in [0.717, 1.165) is 28.3 Å². The topological polar surface area (TPSA) is 39.4 Å². The first-order chi connectivity index (χ1) is 8.79. The maximum absolute atomic E-state index is 5.15. The highest BCUT2D eigenvalue weighted by molar-refractivity contribution is 5.61. The van der Waals surface area contributed by atoms with Gasteiger partial charge in [0.15, 0.2) is 11.5 Å². The van der Waals surface area contributed by atoms with Gasteiger partial charge in [-0.05, 0) is 42.8 Å². The molecular weight excluding hydrogens is 226 g/mol. The summed E-state index contributed by atoms with van der Waals surface area (Å²) in [5.41, 5.74) is 3.03. The van der Waals surface area contributed by atoms with Gasteiger partial charge in [-0.3, -0.25) is 4.40 Å². The Bertz CT molecular complexity index is 686. The molecule has 2 aromatic heterocycles. The number of nitrogens with zero attached hydrogens (tertiary/aromatic N) is 3. The summed E-state index contributed by atoms with van der Waals surface area (Å²) < 4.78 is 7.15. The number of hydrogen-bond acceptors (Lipinski definition) is 3. The van der Waals surface area contributed by atoms with Crippen LogP contribution in [0, 0.1) is 6.92 Å². The minimum atomic E-state index is 0.837. The molecule has 0 atom stereocenters. The Morgan fingerprint density at radius 1 is 1.06 bits per heavy atom. The van der Waals surface area contributed by atoms with Gasteiger partial charge < -0.3 is 4.74 Å². The maximum Gasteiger partial charge on any atom is 0.168 e. The molecule has 90 valence electrons. The van der Waals surface area contributed by atoms with Crippen LogP contribution in [0.25, 0.3) is 17.0 Å². The molecular formula is C14H13N3O. The number of benzene rings is 1. The maximum atomic E-state index is 5.15. The molecule has 0 spiro atoms. The Hall–Kier alpha value is -2.36. The molecule has 0 amide bonds. The molecule has 0 aliphatic heterocycles. The Morgan fingerprint density at radius 2 is 1.83 bits per heavy atom. The van der Waals surface area contributed by atoms with E-state index in [1.807, 2.05) is 53.9 Å². The fraction of sp³-hybridized carbons (Fsp3) is 0.143. The number of fused-ring (bicyclic) bond motifs is 1. The van der Waals surface area contributed by atoms with E-state index in [-0.39, 0.29) is 0 Å². The van der Waals surface area contributed by atoms with Crippen molar-refractivity contribution in [2.45, 2.75) is 6.92 Å². The van der Waals surface area contributed by atoms with Crippen LogP contribution < -0.4 is 4.74 Å². The van der Waals surface area contributed by atoms with Crippen LogP contribution in [0.1, 0.15) is 5.56 Å². The zero-order chi connectivity index (χ0) is 12.5. The van der Waals surface area contributed by atoms with Crippen LogP contribution in [0.3, 0.4) is 0 Å². The van der Waals surface area contributed by atoms with Crippen molar-refractivity contribution in [2.24, 2.45) is 0 Å². The molecule has 3 rings (SSSR count). The van der Waals surface area contributed by atoms with Crippen molar-refractivity contribution < 1.29 is 4.74 Å². The van der Waals surface area contributed by atoms with Gasteiger partial charge in [0.05, 0.1) is 7.11 Å². The Balaban J connectivity index is 2.16. The zero-order valence-electron chi connectivity index (χ0n) is 10.3. The van der Waals surface area contributed by atoms with Crippen molar-refractivity contribution in [2.75, 3.05) is 7.11 Å². The van der Waals surface area contributed by atoms with Crippen LogP contribution in [0.15, 0.2) is 42.6 Å². The average Bonchev–Trinajstić information content (AvgIpc) is 2.84. The molecule has 4 heteroatoms. The number of aromatic nitrogens is 3. The van der Waals surface area contributed by atoms with E-state index < -0.39 is 0 Å². The number of hydrogen-bond donors (Lipinski definition) is 0. The normalized spacial score (nSPS) is 10.8. The summed E-state index contributed by atoms with van der Waals surface area (Å²) in [5, 5.41) is 8.47. The van der Waals surface area contributed by atoms with Crippen LogP contribution in [0.5, 0.6) is 5.75 Å². The molecule has 3 aromatic rings. The SMILES string of the molecule is COc1ccc(-c2nnc3c(C)cccn23)cc1. The molecule has 2 heterocycles. The molecule has 0 aliphatic carbocycles. The largest absolute Gasteiger partial charge is 0.497 e. The summed E-state index contributed by atoms with van der Waals surface area (Å²) >= 11 is 0. The lowest BCUT2D eigenvalue weighted by molar-refractivity contribution is 0.415. The molecule has 0 saturated heterocycles. The fourth-order valence-corrected chi connectivity index (χ4v) is 1.99. The lowest BCUT2D eigenvalue weighted by Crippen LogP contribution is -1.90. The molecule has 1 aromatic carbocycles. The van der Waals surface area contributed by atoms with Gasteiger partial charge >= 0.3 is 0 Å². The third-order valence-electron chi connectivity index (χ3n) is 2.98. The number of rotatable bonds is 2. The van der Waals surface area contributed by atoms with Crippen LogP contribution in [-0.2, 0) is 0 Å². The second-order valence-electron chi connectivity index (χ2n) is 4.14. The minimum absolute atomic E-state index is 0.837. The zero-order valence-corrected chi connectivity index (χ0v) is 10.3. The van der Waals surface area contributed by atoms with E-state index in [0.29, 0.717) is 0 Å². The van der Waals surface area contributed by atoms with Crippen LogP contribution in [0.2, 0.25) is 0 Å². The van der Waals surface area contributed by atoms with Gasteiger partial charge in [0, 0.05) is 11.8 Å². The van der Waals surface area contributed by atoms with Gasteiger partial charge in [0.1, 0.15) is 5.75 Å². The molecule has 0 fully saturated rings. The summed E-state index contributed by atoms with van der Waals surface area (Å²) in [6, 6.07) is 11.8. The summed E-state index contributed by atoms with van der Waals surface area (Å²) in [7, 11) is 1.66. The standard InChI is InChI=1S/C14H13N3O/c1-10-4-3-9-17-13(10)15-16-14(17)11-5-7-12(18-2)8-6-11/h3-9H,1-2H3. The third-order valence-corrected chi connectivity index (χ3v) is 2.98. The van der Waals surface area contributed by atoms with Crippen molar-refractivity contribution in [3.05, 3.63) is 48.2 Å². The minimum Gasteiger partial charge on any atom is -0.497 e. The third kappa shape index (κ3) is 1.62. The first kappa shape index (κ1) is 10.8. The lowest BCUT2D eigenvalue weighted by atomic mass is 10.2. The highest BCUT2D eigenvalue weighted by Gasteiger charge is 2.08. The number of methoxy groups -OCH3 is 1. The summed E-state index contributed by atoms with van der Waals surface area (Å²) in [6.07, 6.45) is 1.97. The van der Waals surface area contributed by atoms with Crippen LogP contribution in [0.4, 0.5) is 0 Å². The molecule has 0 N–H and O–H groups in total. The first-order valence-electron chi connectivity index (χ1n) is 5.74. The monoisotopic (exact) mass is 239 g/mol. The molecule has 0 bridgehead atoms. The molecule has 0 unspecified atom stereocenters. The predicted octanol–water partition coefficient (Wildman–Crippen LogP) is 2.71. The molecule has 0 radical (unpaired) electrons. The quantitative estimate of drug-likeness (QED) is 0.690. The number of pyridine rings is 1. The van der Waals surface area contributed by atoms with Gasteiger partial charge in [-0.2, -0.15) is 0 Å². The van der Waals surface area contributed by atoms with Crippen molar-refractivity contribution in [3.63, 3.8) is 0 Å². The highest BCUT2D eigenvalue weighted by Crippen LogP contribution is 2.22. The van der Waals surface area contributed by atoms with Crippen molar-refractivity contribution in [1.29, 1.82) is 0 Å². The number of ether oxygens (including phenoxy) is 1. The van der Waals surface area contributed by atoms with Gasteiger partial charge in [0.25, 0.3) is 0 Å². The molecule has 4 nitrogen and oxygen atoms in total. The second-order valence-corrected chi connectivity index (χ2v) is 4.14. The van der Waals surface area contributed by atoms with E-state index in [4.69, 9.17) is 4.74 Å². The summed E-state index contributed by atoms with van der Waals surface area (Å²) in [6.45, 7) is 2.03. The van der Waals surface area contributed by atoms with E-state index in [2.05, 4.69) is 10.2 Å². The van der Waals surface area contributed by atoms with E-state index in [9.17, 15) is 0 Å². The lowest BCUT2D eigenvalue weighted by Gasteiger charge is -2.02. The summed E-state index contributed by atoms with van der Waals surface area (Å²) in [4.78, 5) is 0. The Morgan fingerprint density at radius 3 is 2.56 bits per heavy atom. The van der Waals surface area contributed by atoms with Crippen molar-refractivity contribution >= 4 is 5.65 Å². The fourth-order valence-electron chi connectivity index (χ4n) is 1.99. The average molecular weight is 239 g/mol. The number of aryl methyl sites for hydroxylation is 1. The van der Waals surface area contributed by atoms with E-state index >= 15 is 0 Å².